The van der Waals surface area contributed by atoms with Crippen molar-refractivity contribution in [2.75, 3.05) is 13.2 Å². The molecule has 0 bridgehead atoms. The number of halogens is 3. The second kappa shape index (κ2) is 10.0. The third kappa shape index (κ3) is 14.0. The highest BCUT2D eigenvalue weighted by molar-refractivity contribution is 6.67. The lowest BCUT2D eigenvalue weighted by Gasteiger charge is -2.10. The van der Waals surface area contributed by atoms with Crippen molar-refractivity contribution < 1.29 is 4.74 Å². The van der Waals surface area contributed by atoms with Gasteiger partial charge in [-0.15, -0.1) is 0 Å². The van der Waals surface area contributed by atoms with E-state index in [4.69, 9.17) is 39.5 Å². The topological polar surface area (TPSA) is 9.23 Å². The molecule has 0 unspecified atom stereocenters. The van der Waals surface area contributed by atoms with Crippen LogP contribution in [0.3, 0.4) is 0 Å². The molecular weight excluding hydrogens is 279 g/mol. The Balaban J connectivity index is 3.52. The molecule has 0 spiro atoms. The maximum atomic E-state index is 5.59. The first-order chi connectivity index (χ1) is 7.95. The molecule has 98 valence electrons. The number of allylic oxidation sites excluding steroid dienone is 4. The first kappa shape index (κ1) is 17.1. The summed E-state index contributed by atoms with van der Waals surface area (Å²) in [6, 6.07) is 0. The van der Waals surface area contributed by atoms with E-state index in [0.717, 1.165) is 12.8 Å². The highest BCUT2D eigenvalue weighted by atomic mass is 35.6. The molecule has 17 heavy (non-hydrogen) atoms. The van der Waals surface area contributed by atoms with Gasteiger partial charge in [0, 0.05) is 6.42 Å². The maximum Gasteiger partial charge on any atom is 0.192 e. The largest absolute Gasteiger partial charge is 0.381 e. The van der Waals surface area contributed by atoms with Crippen molar-refractivity contribution in [1.29, 1.82) is 0 Å². The van der Waals surface area contributed by atoms with E-state index >= 15 is 0 Å². The molecule has 0 rings (SSSR count). The smallest absolute Gasteiger partial charge is 0.192 e. The van der Waals surface area contributed by atoms with E-state index < -0.39 is 3.79 Å². The summed E-state index contributed by atoms with van der Waals surface area (Å²) in [6.45, 7) is 6.83. The van der Waals surface area contributed by atoms with Gasteiger partial charge in [-0.1, -0.05) is 71.3 Å². The lowest BCUT2D eigenvalue weighted by Crippen LogP contribution is -2.07. The van der Waals surface area contributed by atoms with Crippen LogP contribution >= 0.6 is 34.8 Å². The monoisotopic (exact) mass is 296 g/mol. The van der Waals surface area contributed by atoms with E-state index in [2.05, 4.69) is 25.7 Å². The summed E-state index contributed by atoms with van der Waals surface area (Å²) in [6.07, 6.45) is 10.2. The average molecular weight is 298 g/mol. The van der Waals surface area contributed by atoms with Gasteiger partial charge in [0.05, 0.1) is 13.2 Å². The first-order valence-electron chi connectivity index (χ1n) is 5.53. The lowest BCUT2D eigenvalue weighted by atomic mass is 10.2. The van der Waals surface area contributed by atoms with Gasteiger partial charge in [-0.2, -0.15) is 0 Å². The molecule has 0 aliphatic carbocycles. The van der Waals surface area contributed by atoms with Gasteiger partial charge in [0.15, 0.2) is 3.79 Å². The number of alkyl halides is 3. The maximum absolute atomic E-state index is 5.59. The molecule has 0 aromatic carbocycles. The highest BCUT2D eigenvalue weighted by Crippen LogP contribution is 2.29. The molecule has 1 nitrogen and oxygen atoms in total. The molecule has 0 radical (unpaired) electrons. The van der Waals surface area contributed by atoms with Crippen molar-refractivity contribution in [2.45, 2.75) is 30.0 Å². The minimum atomic E-state index is -1.21. The Bertz CT molecular complexity index is 264. The lowest BCUT2D eigenvalue weighted by molar-refractivity contribution is 0.137. The molecule has 0 atom stereocenters. The van der Waals surface area contributed by atoms with Gasteiger partial charge in [0.25, 0.3) is 0 Å². The Morgan fingerprint density at radius 1 is 1.29 bits per heavy atom. The van der Waals surface area contributed by atoms with Gasteiger partial charge in [-0.25, -0.2) is 0 Å². The predicted molar refractivity (Wildman–Crippen MR) is 78.1 cm³/mol. The molecule has 0 saturated heterocycles. The van der Waals surface area contributed by atoms with Gasteiger partial charge >= 0.3 is 0 Å². The van der Waals surface area contributed by atoms with Crippen LogP contribution in [0.4, 0.5) is 0 Å². The molecule has 0 heterocycles. The van der Waals surface area contributed by atoms with Crippen LogP contribution in [0.25, 0.3) is 0 Å². The summed E-state index contributed by atoms with van der Waals surface area (Å²) in [5, 5.41) is 0. The molecule has 4 heteroatoms. The van der Waals surface area contributed by atoms with Crippen molar-refractivity contribution in [3.8, 4) is 0 Å². The van der Waals surface area contributed by atoms with E-state index in [1.807, 2.05) is 6.08 Å². The van der Waals surface area contributed by atoms with Gasteiger partial charge < -0.3 is 4.74 Å². The van der Waals surface area contributed by atoms with Crippen molar-refractivity contribution in [3.05, 3.63) is 36.5 Å². The quantitative estimate of drug-likeness (QED) is 0.258. The van der Waals surface area contributed by atoms with Gasteiger partial charge in [-0.05, 0) is 19.8 Å². The normalized spacial score (nSPS) is 13.3. The van der Waals surface area contributed by atoms with Crippen molar-refractivity contribution >= 4 is 34.8 Å². The van der Waals surface area contributed by atoms with Crippen molar-refractivity contribution in [3.63, 3.8) is 0 Å². The third-order valence-electron chi connectivity index (χ3n) is 2.00. The van der Waals surface area contributed by atoms with Crippen LogP contribution in [0.2, 0.25) is 0 Å². The summed E-state index contributed by atoms with van der Waals surface area (Å²) in [5.41, 5.74) is 1.31. The van der Waals surface area contributed by atoms with Crippen LogP contribution in [0.5, 0.6) is 0 Å². The van der Waals surface area contributed by atoms with E-state index in [1.54, 1.807) is 6.08 Å². The van der Waals surface area contributed by atoms with Crippen LogP contribution in [-0.4, -0.2) is 17.0 Å². The summed E-state index contributed by atoms with van der Waals surface area (Å²) in [5.74, 6) is 0. The Morgan fingerprint density at radius 3 is 2.59 bits per heavy atom. The van der Waals surface area contributed by atoms with Gasteiger partial charge in [0.1, 0.15) is 0 Å². The van der Waals surface area contributed by atoms with Crippen LogP contribution in [0, 0.1) is 0 Å². The molecule has 0 aliphatic heterocycles. The molecule has 0 aromatic heterocycles. The minimum Gasteiger partial charge on any atom is -0.381 e. The zero-order valence-corrected chi connectivity index (χ0v) is 12.4. The van der Waals surface area contributed by atoms with Crippen LogP contribution < -0.4 is 0 Å². The molecule has 0 saturated carbocycles. The van der Waals surface area contributed by atoms with Crippen molar-refractivity contribution in [1.82, 2.24) is 0 Å². The van der Waals surface area contributed by atoms with Crippen molar-refractivity contribution in [2.24, 2.45) is 0 Å². The molecule has 0 amide bonds. The number of hydrogen-bond donors (Lipinski definition) is 0. The van der Waals surface area contributed by atoms with Crippen LogP contribution in [0.15, 0.2) is 36.5 Å². The van der Waals surface area contributed by atoms with Crippen LogP contribution in [0.1, 0.15) is 26.2 Å². The second-order valence-electron chi connectivity index (χ2n) is 3.68. The fourth-order valence-corrected chi connectivity index (χ4v) is 1.34. The third-order valence-corrected chi connectivity index (χ3v) is 2.56. The summed E-state index contributed by atoms with van der Waals surface area (Å²) in [4.78, 5) is 0. The second-order valence-corrected chi connectivity index (χ2v) is 6.20. The zero-order valence-electron chi connectivity index (χ0n) is 10.1. The van der Waals surface area contributed by atoms with E-state index in [9.17, 15) is 0 Å². The summed E-state index contributed by atoms with van der Waals surface area (Å²) in [7, 11) is 0. The Kier molecular flexibility index (Phi) is 10.0. The number of hydrogen-bond acceptors (Lipinski definition) is 1. The fourth-order valence-electron chi connectivity index (χ4n) is 1.11. The SMILES string of the molecule is C=C/C=C/C/C(C)=C/CCOCCC(Cl)(Cl)Cl. The first-order valence-corrected chi connectivity index (χ1v) is 6.67. The average Bonchev–Trinajstić information content (AvgIpc) is 2.22. The number of rotatable bonds is 8. The summed E-state index contributed by atoms with van der Waals surface area (Å²) >= 11 is 16.8. The predicted octanol–water partition coefficient (Wildman–Crippen LogP) is 5.23. The molecule has 0 fully saturated rings. The molecule has 0 aliphatic rings. The molecule has 0 N–H and O–H groups in total. The fraction of sp³-hybridized carbons (Fsp3) is 0.538. The Hall–Kier alpha value is 0.0500. The Labute approximate surface area is 119 Å². The standard InChI is InChI=1S/C13H19Cl3O/c1-3-4-5-7-12(2)8-6-10-17-11-9-13(14,15)16/h3-5,8H,1,6-7,9-11H2,2H3/b5-4+,12-8+. The molecular formula is C13H19Cl3O. The number of ether oxygens (including phenoxy) is 1. The minimum absolute atomic E-state index is 0.419. The van der Waals surface area contributed by atoms with E-state index in [1.165, 1.54) is 5.57 Å². The molecule has 0 aromatic rings. The van der Waals surface area contributed by atoms with Gasteiger partial charge in [0.2, 0.25) is 0 Å². The van der Waals surface area contributed by atoms with E-state index in [-0.39, 0.29) is 0 Å². The van der Waals surface area contributed by atoms with E-state index in [0.29, 0.717) is 19.6 Å². The van der Waals surface area contributed by atoms with Crippen LogP contribution in [-0.2, 0) is 4.74 Å². The Morgan fingerprint density at radius 2 is 2.00 bits per heavy atom. The summed E-state index contributed by atoms with van der Waals surface area (Å²) < 4.78 is 4.15. The highest BCUT2D eigenvalue weighted by Gasteiger charge is 2.18. The van der Waals surface area contributed by atoms with Gasteiger partial charge in [-0.3, -0.25) is 0 Å². The zero-order chi connectivity index (χ0) is 13.1.